The van der Waals surface area contributed by atoms with E-state index in [4.69, 9.17) is 5.73 Å². The average Bonchev–Trinajstić information content (AvgIpc) is 2.36. The second-order valence-corrected chi connectivity index (χ2v) is 2.49. The number of aromatic nitrogens is 3. The predicted octanol–water partition coefficient (Wildman–Crippen LogP) is -0.899. The van der Waals surface area contributed by atoms with Crippen molar-refractivity contribution in [3.05, 3.63) is 6.33 Å². The minimum atomic E-state index is -0.540. The molecule has 0 bridgehead atoms. The minimum Gasteiger partial charge on any atom is -0.320 e. The summed E-state index contributed by atoms with van der Waals surface area (Å²) in [6, 6.07) is -0.540. The zero-order valence-electron chi connectivity index (χ0n) is 6.98. The van der Waals surface area contributed by atoms with Crippen LogP contribution in [-0.2, 0) is 11.8 Å². The van der Waals surface area contributed by atoms with Gasteiger partial charge < -0.3 is 5.73 Å². The lowest BCUT2D eigenvalue weighted by atomic mass is 10.3. The van der Waals surface area contributed by atoms with Gasteiger partial charge in [-0.1, -0.05) is 0 Å². The monoisotopic (exact) mass is 169 g/mol. The van der Waals surface area contributed by atoms with Crippen LogP contribution in [0.1, 0.15) is 6.92 Å². The highest BCUT2D eigenvalue weighted by molar-refractivity contribution is 5.92. The Morgan fingerprint density at radius 3 is 2.92 bits per heavy atom. The Bertz CT molecular complexity index is 279. The Hall–Kier alpha value is -1.43. The summed E-state index contributed by atoms with van der Waals surface area (Å²) in [6.45, 7) is 1.60. The maximum atomic E-state index is 11.0. The smallest absolute Gasteiger partial charge is 0.243 e. The SMILES string of the molecule is C[C@@H](N)C(=O)Nc1ncnn1C. The molecule has 1 aromatic rings. The van der Waals surface area contributed by atoms with Gasteiger partial charge in [-0.15, -0.1) is 0 Å². The third-order valence-electron chi connectivity index (χ3n) is 1.36. The molecule has 0 radical (unpaired) electrons. The molecule has 1 aromatic heterocycles. The first-order valence-corrected chi connectivity index (χ1v) is 3.51. The summed E-state index contributed by atoms with van der Waals surface area (Å²) in [5.74, 6) is 0.128. The Balaban J connectivity index is 2.64. The highest BCUT2D eigenvalue weighted by Crippen LogP contribution is 1.97. The van der Waals surface area contributed by atoms with E-state index in [2.05, 4.69) is 15.4 Å². The summed E-state index contributed by atoms with van der Waals surface area (Å²) in [5, 5.41) is 6.29. The van der Waals surface area contributed by atoms with Gasteiger partial charge >= 0.3 is 0 Å². The average molecular weight is 169 g/mol. The molecule has 0 spiro atoms. The molecule has 6 heteroatoms. The highest BCUT2D eigenvalue weighted by atomic mass is 16.2. The van der Waals surface area contributed by atoms with Crippen molar-refractivity contribution >= 4 is 11.9 Å². The third-order valence-corrected chi connectivity index (χ3v) is 1.36. The fraction of sp³-hybridized carbons (Fsp3) is 0.500. The molecule has 3 N–H and O–H groups in total. The van der Waals surface area contributed by atoms with E-state index in [1.807, 2.05) is 0 Å². The second-order valence-electron chi connectivity index (χ2n) is 2.49. The second kappa shape index (κ2) is 3.31. The van der Waals surface area contributed by atoms with Crippen molar-refractivity contribution < 1.29 is 4.79 Å². The van der Waals surface area contributed by atoms with Crippen LogP contribution in [0.4, 0.5) is 5.95 Å². The molecule has 1 rings (SSSR count). The molecule has 6 nitrogen and oxygen atoms in total. The summed E-state index contributed by atoms with van der Waals surface area (Å²) in [7, 11) is 1.68. The van der Waals surface area contributed by atoms with Crippen LogP contribution in [0.5, 0.6) is 0 Å². The van der Waals surface area contributed by atoms with Gasteiger partial charge in [0.25, 0.3) is 0 Å². The number of nitrogens with two attached hydrogens (primary N) is 1. The minimum absolute atomic E-state index is 0.272. The van der Waals surface area contributed by atoms with Gasteiger partial charge in [-0.3, -0.25) is 10.1 Å². The molecule has 0 aliphatic heterocycles. The van der Waals surface area contributed by atoms with E-state index in [0.29, 0.717) is 5.95 Å². The fourth-order valence-electron chi connectivity index (χ4n) is 0.633. The highest BCUT2D eigenvalue weighted by Gasteiger charge is 2.09. The molecule has 12 heavy (non-hydrogen) atoms. The Kier molecular flexibility index (Phi) is 2.39. The summed E-state index contributed by atoms with van der Waals surface area (Å²) in [4.78, 5) is 14.8. The van der Waals surface area contributed by atoms with Crippen molar-refractivity contribution in [2.45, 2.75) is 13.0 Å². The van der Waals surface area contributed by atoms with E-state index < -0.39 is 6.04 Å². The number of nitrogens with one attached hydrogen (secondary N) is 1. The van der Waals surface area contributed by atoms with Crippen molar-refractivity contribution in [3.63, 3.8) is 0 Å². The lowest BCUT2D eigenvalue weighted by Gasteiger charge is -2.05. The molecule has 0 aromatic carbocycles. The van der Waals surface area contributed by atoms with Crippen LogP contribution >= 0.6 is 0 Å². The number of rotatable bonds is 2. The Morgan fingerprint density at radius 2 is 2.50 bits per heavy atom. The molecule has 0 saturated carbocycles. The van der Waals surface area contributed by atoms with Gasteiger partial charge in [0, 0.05) is 7.05 Å². The first kappa shape index (κ1) is 8.66. The van der Waals surface area contributed by atoms with Gasteiger partial charge in [0.05, 0.1) is 6.04 Å². The Morgan fingerprint density at radius 1 is 1.83 bits per heavy atom. The van der Waals surface area contributed by atoms with Crippen LogP contribution in [0, 0.1) is 0 Å². The molecule has 1 heterocycles. The molecule has 0 aliphatic carbocycles. The van der Waals surface area contributed by atoms with Gasteiger partial charge in [0.15, 0.2) is 0 Å². The maximum Gasteiger partial charge on any atom is 0.243 e. The van der Waals surface area contributed by atoms with Crippen molar-refractivity contribution in [1.82, 2.24) is 14.8 Å². The van der Waals surface area contributed by atoms with Gasteiger partial charge in [-0.05, 0) is 6.92 Å². The lowest BCUT2D eigenvalue weighted by molar-refractivity contribution is -0.117. The van der Waals surface area contributed by atoms with Gasteiger partial charge in [0.1, 0.15) is 6.33 Å². The zero-order valence-corrected chi connectivity index (χ0v) is 6.98. The first-order valence-electron chi connectivity index (χ1n) is 3.51. The van der Waals surface area contributed by atoms with E-state index in [-0.39, 0.29) is 5.91 Å². The summed E-state index contributed by atoms with van der Waals surface area (Å²) in [6.07, 6.45) is 1.36. The molecular weight excluding hydrogens is 158 g/mol. The number of hydrogen-bond donors (Lipinski definition) is 2. The number of carbonyl (C=O) groups is 1. The van der Waals surface area contributed by atoms with Crippen LogP contribution in [0.25, 0.3) is 0 Å². The first-order chi connectivity index (χ1) is 5.61. The largest absolute Gasteiger partial charge is 0.320 e. The van der Waals surface area contributed by atoms with Crippen LogP contribution in [0.3, 0.4) is 0 Å². The lowest BCUT2D eigenvalue weighted by Crippen LogP contribution is -2.33. The van der Waals surface area contributed by atoms with Crippen LogP contribution in [-0.4, -0.2) is 26.7 Å². The number of carbonyl (C=O) groups excluding carboxylic acids is 1. The summed E-state index contributed by atoms with van der Waals surface area (Å²) < 4.78 is 1.46. The number of amides is 1. The molecule has 66 valence electrons. The van der Waals surface area contributed by atoms with E-state index in [1.165, 1.54) is 11.0 Å². The predicted molar refractivity (Wildman–Crippen MR) is 43.3 cm³/mol. The van der Waals surface area contributed by atoms with E-state index >= 15 is 0 Å². The standard InChI is InChI=1S/C6H11N5O/c1-4(7)5(12)10-6-8-3-9-11(6)2/h3-4H,7H2,1-2H3,(H,8,9,10,12)/t4-/m1/s1. The van der Waals surface area contributed by atoms with Crippen molar-refractivity contribution in [3.8, 4) is 0 Å². The number of anilines is 1. The summed E-state index contributed by atoms with van der Waals surface area (Å²) >= 11 is 0. The topological polar surface area (TPSA) is 85.8 Å². The molecule has 0 aliphatic rings. The third kappa shape index (κ3) is 1.79. The maximum absolute atomic E-state index is 11.0. The van der Waals surface area contributed by atoms with Gasteiger partial charge in [0.2, 0.25) is 11.9 Å². The number of aryl methyl sites for hydroxylation is 1. The molecule has 0 saturated heterocycles. The molecule has 1 atom stereocenters. The van der Waals surface area contributed by atoms with Gasteiger partial charge in [-0.2, -0.15) is 10.1 Å². The quantitative estimate of drug-likeness (QED) is 0.600. The molecule has 0 fully saturated rings. The zero-order chi connectivity index (χ0) is 9.14. The van der Waals surface area contributed by atoms with E-state index in [1.54, 1.807) is 14.0 Å². The van der Waals surface area contributed by atoms with Crippen LogP contribution in [0.2, 0.25) is 0 Å². The van der Waals surface area contributed by atoms with Crippen LogP contribution < -0.4 is 11.1 Å². The summed E-state index contributed by atoms with van der Waals surface area (Å²) in [5.41, 5.74) is 5.33. The fourth-order valence-corrected chi connectivity index (χ4v) is 0.633. The van der Waals surface area contributed by atoms with Gasteiger partial charge in [-0.25, -0.2) is 4.68 Å². The van der Waals surface area contributed by atoms with E-state index in [0.717, 1.165) is 0 Å². The number of hydrogen-bond acceptors (Lipinski definition) is 4. The molecule has 1 amide bonds. The van der Waals surface area contributed by atoms with E-state index in [9.17, 15) is 4.79 Å². The van der Waals surface area contributed by atoms with Crippen LogP contribution in [0.15, 0.2) is 6.33 Å². The van der Waals surface area contributed by atoms with Crippen molar-refractivity contribution in [2.75, 3.05) is 5.32 Å². The van der Waals surface area contributed by atoms with Crippen molar-refractivity contribution in [2.24, 2.45) is 12.8 Å². The van der Waals surface area contributed by atoms with Crippen molar-refractivity contribution in [1.29, 1.82) is 0 Å². The molecule has 0 unspecified atom stereocenters. The normalized spacial score (nSPS) is 12.6. The number of nitrogens with zero attached hydrogens (tertiary/aromatic N) is 3. The Labute approximate surface area is 69.8 Å². The molecular formula is C6H11N5O.